The molecule has 0 spiro atoms. The van der Waals surface area contributed by atoms with Crippen molar-refractivity contribution in [3.63, 3.8) is 0 Å². The Morgan fingerprint density at radius 1 is 1.10 bits per heavy atom. The molecule has 1 aromatic carbocycles. The first-order valence-electron chi connectivity index (χ1n) is 6.96. The lowest BCUT2D eigenvalue weighted by atomic mass is 10.0. The number of aromatic nitrogens is 2. The quantitative estimate of drug-likeness (QED) is 0.794. The molecule has 0 bridgehead atoms. The highest BCUT2D eigenvalue weighted by Crippen LogP contribution is 2.21. The molecule has 3 nitrogen and oxygen atoms in total. The molecule has 3 heteroatoms. The van der Waals surface area contributed by atoms with Gasteiger partial charge in [-0.2, -0.15) is 5.10 Å². The Bertz CT molecular complexity index is 668. The number of Topliss-reactive ketones (excluding diaryl/α,β-unsaturated/α-hetero) is 1. The molecule has 20 heavy (non-hydrogen) atoms. The van der Waals surface area contributed by atoms with Crippen molar-refractivity contribution in [3.8, 4) is 0 Å². The zero-order valence-electron chi connectivity index (χ0n) is 13.1. The van der Waals surface area contributed by atoms with Crippen LogP contribution in [0.25, 0.3) is 0 Å². The fourth-order valence-electron chi connectivity index (χ4n) is 2.37. The molecule has 0 aliphatic heterocycles. The van der Waals surface area contributed by atoms with Gasteiger partial charge in [-0.25, -0.2) is 0 Å². The maximum atomic E-state index is 12.6. The lowest BCUT2D eigenvalue weighted by molar-refractivity contribution is 0.0926. The van der Waals surface area contributed by atoms with Crippen molar-refractivity contribution in [1.82, 2.24) is 9.78 Å². The van der Waals surface area contributed by atoms with Gasteiger partial charge < -0.3 is 0 Å². The average molecular weight is 270 g/mol. The highest BCUT2D eigenvalue weighted by atomic mass is 16.1. The molecule has 0 saturated heterocycles. The SMILES string of the molecule is Cc1ccc(C(=O)C(C)n2nc(C)c(C)c2C)cc1C. The van der Waals surface area contributed by atoms with Gasteiger partial charge in [-0.15, -0.1) is 0 Å². The monoisotopic (exact) mass is 270 g/mol. The van der Waals surface area contributed by atoms with Gasteiger partial charge in [0, 0.05) is 11.3 Å². The van der Waals surface area contributed by atoms with Crippen molar-refractivity contribution in [3.05, 3.63) is 51.8 Å². The maximum Gasteiger partial charge on any atom is 0.187 e. The van der Waals surface area contributed by atoms with Crippen LogP contribution < -0.4 is 0 Å². The van der Waals surface area contributed by atoms with Crippen LogP contribution in [-0.2, 0) is 0 Å². The molecule has 0 aliphatic carbocycles. The molecule has 0 fully saturated rings. The summed E-state index contributed by atoms with van der Waals surface area (Å²) in [6.07, 6.45) is 0. The second-order valence-electron chi connectivity index (χ2n) is 5.58. The smallest absolute Gasteiger partial charge is 0.187 e. The molecule has 1 aromatic heterocycles. The van der Waals surface area contributed by atoms with E-state index in [1.54, 1.807) is 0 Å². The molecule has 0 aliphatic rings. The Labute approximate surface area is 120 Å². The molecular formula is C17H22N2O. The highest BCUT2D eigenvalue weighted by molar-refractivity contribution is 5.99. The van der Waals surface area contributed by atoms with Crippen LogP contribution in [0.15, 0.2) is 18.2 Å². The summed E-state index contributed by atoms with van der Waals surface area (Å²) in [6.45, 7) is 12.0. The predicted octanol–water partition coefficient (Wildman–Crippen LogP) is 3.87. The number of ketones is 1. The first-order chi connectivity index (χ1) is 9.32. The first kappa shape index (κ1) is 14.5. The van der Waals surface area contributed by atoms with Crippen LogP contribution in [0.2, 0.25) is 0 Å². The minimum atomic E-state index is -0.274. The summed E-state index contributed by atoms with van der Waals surface area (Å²) >= 11 is 0. The molecule has 106 valence electrons. The Kier molecular flexibility index (Phi) is 3.80. The van der Waals surface area contributed by atoms with Crippen molar-refractivity contribution >= 4 is 5.78 Å². The van der Waals surface area contributed by atoms with E-state index in [0.717, 1.165) is 28.1 Å². The number of nitrogens with zero attached hydrogens (tertiary/aromatic N) is 2. The Morgan fingerprint density at radius 2 is 1.75 bits per heavy atom. The summed E-state index contributed by atoms with van der Waals surface area (Å²) in [5.41, 5.74) is 6.31. The van der Waals surface area contributed by atoms with Crippen LogP contribution in [0.4, 0.5) is 0 Å². The van der Waals surface area contributed by atoms with E-state index in [1.807, 2.05) is 57.5 Å². The van der Waals surface area contributed by atoms with E-state index in [-0.39, 0.29) is 11.8 Å². The molecular weight excluding hydrogens is 248 g/mol. The van der Waals surface area contributed by atoms with E-state index in [2.05, 4.69) is 12.0 Å². The van der Waals surface area contributed by atoms with Gasteiger partial charge in [0.05, 0.1) is 5.69 Å². The predicted molar refractivity (Wildman–Crippen MR) is 81.4 cm³/mol. The number of hydrogen-bond donors (Lipinski definition) is 0. The standard InChI is InChI=1S/C17H22N2O/c1-10-7-8-16(9-11(10)2)17(20)15(6)19-14(5)12(3)13(4)18-19/h7-9,15H,1-6H3. The van der Waals surface area contributed by atoms with E-state index in [9.17, 15) is 4.79 Å². The summed E-state index contributed by atoms with van der Waals surface area (Å²) in [6, 6.07) is 5.60. The van der Waals surface area contributed by atoms with Crippen LogP contribution >= 0.6 is 0 Å². The third-order valence-corrected chi connectivity index (χ3v) is 4.22. The molecule has 1 heterocycles. The number of rotatable bonds is 3. The van der Waals surface area contributed by atoms with Crippen molar-refractivity contribution in [1.29, 1.82) is 0 Å². The van der Waals surface area contributed by atoms with E-state index >= 15 is 0 Å². The first-order valence-corrected chi connectivity index (χ1v) is 6.96. The zero-order chi connectivity index (χ0) is 15.0. The van der Waals surface area contributed by atoms with Crippen LogP contribution in [0.1, 0.15) is 51.4 Å². The Balaban J connectivity index is 2.37. The zero-order valence-corrected chi connectivity index (χ0v) is 13.1. The van der Waals surface area contributed by atoms with Gasteiger partial charge in [0.1, 0.15) is 6.04 Å². The molecule has 0 saturated carbocycles. The van der Waals surface area contributed by atoms with E-state index in [1.165, 1.54) is 5.56 Å². The number of carbonyl (C=O) groups excluding carboxylic acids is 1. The van der Waals surface area contributed by atoms with Crippen molar-refractivity contribution < 1.29 is 4.79 Å². The third-order valence-electron chi connectivity index (χ3n) is 4.22. The summed E-state index contributed by atoms with van der Waals surface area (Å²) < 4.78 is 1.84. The van der Waals surface area contributed by atoms with Gasteiger partial charge in [0.2, 0.25) is 0 Å². The molecule has 0 N–H and O–H groups in total. The minimum absolute atomic E-state index is 0.110. The van der Waals surface area contributed by atoms with Crippen molar-refractivity contribution in [2.24, 2.45) is 0 Å². The third kappa shape index (κ3) is 2.40. The Hall–Kier alpha value is -1.90. The lowest BCUT2D eigenvalue weighted by Crippen LogP contribution is -2.19. The minimum Gasteiger partial charge on any atom is -0.292 e. The van der Waals surface area contributed by atoms with Crippen molar-refractivity contribution in [2.45, 2.75) is 47.6 Å². The lowest BCUT2D eigenvalue weighted by Gasteiger charge is -2.14. The topological polar surface area (TPSA) is 34.9 Å². The second-order valence-corrected chi connectivity index (χ2v) is 5.58. The van der Waals surface area contributed by atoms with Crippen LogP contribution in [0.3, 0.4) is 0 Å². The molecule has 0 radical (unpaired) electrons. The number of hydrogen-bond acceptors (Lipinski definition) is 2. The highest BCUT2D eigenvalue weighted by Gasteiger charge is 2.21. The van der Waals surface area contributed by atoms with Crippen LogP contribution in [-0.4, -0.2) is 15.6 Å². The number of aryl methyl sites for hydroxylation is 3. The summed E-state index contributed by atoms with van der Waals surface area (Å²) in [4.78, 5) is 12.6. The molecule has 0 amide bonds. The van der Waals surface area contributed by atoms with E-state index in [0.29, 0.717) is 0 Å². The molecule has 1 atom stereocenters. The number of benzene rings is 1. The van der Waals surface area contributed by atoms with Gasteiger partial charge in [-0.05, 0) is 64.3 Å². The number of carbonyl (C=O) groups is 1. The molecule has 1 unspecified atom stereocenters. The molecule has 2 rings (SSSR count). The summed E-state index contributed by atoms with van der Waals surface area (Å²) in [5.74, 6) is 0.110. The molecule has 2 aromatic rings. The van der Waals surface area contributed by atoms with Crippen LogP contribution in [0, 0.1) is 34.6 Å². The normalized spacial score (nSPS) is 12.5. The average Bonchev–Trinajstić information content (AvgIpc) is 2.68. The van der Waals surface area contributed by atoms with Gasteiger partial charge in [0.25, 0.3) is 0 Å². The maximum absolute atomic E-state index is 12.6. The van der Waals surface area contributed by atoms with Gasteiger partial charge in [-0.3, -0.25) is 9.48 Å². The summed E-state index contributed by atoms with van der Waals surface area (Å²) in [5, 5.41) is 4.49. The fourth-order valence-corrected chi connectivity index (χ4v) is 2.37. The van der Waals surface area contributed by atoms with Gasteiger partial charge in [0.15, 0.2) is 5.78 Å². The largest absolute Gasteiger partial charge is 0.292 e. The van der Waals surface area contributed by atoms with Crippen molar-refractivity contribution in [2.75, 3.05) is 0 Å². The van der Waals surface area contributed by atoms with Crippen LogP contribution in [0.5, 0.6) is 0 Å². The fraction of sp³-hybridized carbons (Fsp3) is 0.412. The van der Waals surface area contributed by atoms with Gasteiger partial charge >= 0.3 is 0 Å². The Morgan fingerprint density at radius 3 is 2.25 bits per heavy atom. The van der Waals surface area contributed by atoms with E-state index < -0.39 is 0 Å². The summed E-state index contributed by atoms with van der Waals surface area (Å²) in [7, 11) is 0. The van der Waals surface area contributed by atoms with E-state index in [4.69, 9.17) is 0 Å². The van der Waals surface area contributed by atoms with Gasteiger partial charge in [-0.1, -0.05) is 12.1 Å². The second kappa shape index (κ2) is 5.23.